The Morgan fingerprint density at radius 3 is 2.63 bits per heavy atom. The molecule has 0 spiro atoms. The molecule has 1 heterocycles. The molecule has 3 aromatic rings. The number of benzene rings is 2. The Morgan fingerprint density at radius 2 is 1.84 bits per heavy atom. The van der Waals surface area contributed by atoms with Crippen LogP contribution >= 0.6 is 0 Å². The lowest BCUT2D eigenvalue weighted by Crippen LogP contribution is -2.49. The fourth-order valence-electron chi connectivity index (χ4n) is 2.17. The van der Waals surface area contributed by atoms with Crippen molar-refractivity contribution in [3.8, 4) is 0 Å². The van der Waals surface area contributed by atoms with E-state index in [0.717, 1.165) is 16.5 Å². The van der Waals surface area contributed by atoms with Crippen molar-refractivity contribution < 1.29 is 8.98 Å². The largest absolute Gasteiger partial charge is 0.602 e. The van der Waals surface area contributed by atoms with E-state index in [1.165, 1.54) is 0 Å². The zero-order valence-corrected chi connectivity index (χ0v) is 10.7. The van der Waals surface area contributed by atoms with E-state index in [1.807, 2.05) is 61.7 Å². The Hall–Kier alpha value is -2.42. The van der Waals surface area contributed by atoms with Gasteiger partial charge in [0.15, 0.2) is 18.3 Å². The molecule has 0 amide bonds. The summed E-state index contributed by atoms with van der Waals surface area (Å²) < 4.78 is 7.00. The first-order valence-electron chi connectivity index (χ1n) is 6.21. The summed E-state index contributed by atoms with van der Waals surface area (Å²) in [4.78, 5) is 12.0. The zero-order chi connectivity index (χ0) is 13.2. The van der Waals surface area contributed by atoms with Crippen molar-refractivity contribution in [3.63, 3.8) is 0 Å². The third-order valence-corrected chi connectivity index (χ3v) is 3.16. The first-order chi connectivity index (χ1) is 9.24. The predicted molar refractivity (Wildman–Crippen MR) is 73.0 cm³/mol. The fourth-order valence-corrected chi connectivity index (χ4v) is 2.17. The van der Waals surface area contributed by atoms with Crippen LogP contribution in [-0.4, -0.2) is 0 Å². The number of hydrogen-bond donors (Lipinski definition) is 0. The quantitative estimate of drug-likeness (QED) is 0.656. The van der Waals surface area contributed by atoms with Gasteiger partial charge in [-0.3, -0.25) is 0 Å². The SMILES string of the molecule is Cc1cccc2c[n+](Cc3ccccc3)c(=O)oc12. The lowest BCUT2D eigenvalue weighted by Gasteiger charge is -2.00. The third kappa shape index (κ3) is 2.27. The molecule has 0 aliphatic carbocycles. The number of rotatable bonds is 2. The second-order valence-corrected chi connectivity index (χ2v) is 4.60. The summed E-state index contributed by atoms with van der Waals surface area (Å²) in [7, 11) is 0. The number of aromatic nitrogens is 1. The van der Waals surface area contributed by atoms with Crippen LogP contribution < -0.4 is 10.3 Å². The van der Waals surface area contributed by atoms with E-state index in [0.29, 0.717) is 12.1 Å². The van der Waals surface area contributed by atoms with Crippen LogP contribution in [0, 0.1) is 6.92 Å². The zero-order valence-electron chi connectivity index (χ0n) is 10.7. The van der Waals surface area contributed by atoms with Gasteiger partial charge < -0.3 is 4.42 Å². The van der Waals surface area contributed by atoms with Gasteiger partial charge in [-0.1, -0.05) is 42.5 Å². The van der Waals surface area contributed by atoms with Crippen LogP contribution in [0.3, 0.4) is 0 Å². The number of para-hydroxylation sites is 1. The van der Waals surface area contributed by atoms with Crippen molar-refractivity contribution in [1.29, 1.82) is 0 Å². The van der Waals surface area contributed by atoms with Gasteiger partial charge in [-0.2, -0.15) is 4.79 Å². The maximum absolute atomic E-state index is 12.0. The van der Waals surface area contributed by atoms with Crippen LogP contribution in [0.4, 0.5) is 0 Å². The summed E-state index contributed by atoms with van der Waals surface area (Å²) in [5.41, 5.74) is 2.71. The second kappa shape index (κ2) is 4.69. The Morgan fingerprint density at radius 1 is 1.05 bits per heavy atom. The van der Waals surface area contributed by atoms with Crippen LogP contribution in [0.5, 0.6) is 0 Å². The van der Waals surface area contributed by atoms with Gasteiger partial charge >= 0.3 is 5.76 Å². The van der Waals surface area contributed by atoms with Gasteiger partial charge in [0.05, 0.1) is 5.39 Å². The van der Waals surface area contributed by atoms with Gasteiger partial charge in [0.2, 0.25) is 0 Å². The molecule has 0 N–H and O–H groups in total. The Labute approximate surface area is 110 Å². The minimum atomic E-state index is -0.328. The lowest BCUT2D eigenvalue weighted by atomic mass is 10.2. The maximum Gasteiger partial charge on any atom is 0.602 e. The lowest BCUT2D eigenvalue weighted by molar-refractivity contribution is -0.712. The van der Waals surface area contributed by atoms with E-state index in [9.17, 15) is 4.79 Å². The highest BCUT2D eigenvalue weighted by Crippen LogP contribution is 2.14. The number of fused-ring (bicyclic) bond motifs is 1. The van der Waals surface area contributed by atoms with Crippen LogP contribution in [0.25, 0.3) is 11.0 Å². The second-order valence-electron chi connectivity index (χ2n) is 4.60. The highest BCUT2D eigenvalue weighted by Gasteiger charge is 2.13. The fraction of sp³-hybridized carbons (Fsp3) is 0.125. The van der Waals surface area contributed by atoms with Crippen LogP contribution in [0.2, 0.25) is 0 Å². The summed E-state index contributed by atoms with van der Waals surface area (Å²) in [5.74, 6) is -0.328. The molecule has 0 atom stereocenters. The Balaban J connectivity index is 2.10. The van der Waals surface area contributed by atoms with Gasteiger partial charge in [-0.05, 0) is 18.6 Å². The normalized spacial score (nSPS) is 10.8. The molecule has 94 valence electrons. The van der Waals surface area contributed by atoms with E-state index in [-0.39, 0.29) is 5.76 Å². The minimum absolute atomic E-state index is 0.328. The monoisotopic (exact) mass is 252 g/mol. The van der Waals surface area contributed by atoms with Crippen molar-refractivity contribution in [1.82, 2.24) is 0 Å². The number of aryl methyl sites for hydroxylation is 1. The topological polar surface area (TPSA) is 34.1 Å². The van der Waals surface area contributed by atoms with Gasteiger partial charge in [0, 0.05) is 5.56 Å². The summed E-state index contributed by atoms with van der Waals surface area (Å²) >= 11 is 0. The smallest absolute Gasteiger partial charge is 0.371 e. The van der Waals surface area contributed by atoms with E-state index < -0.39 is 0 Å². The summed E-state index contributed by atoms with van der Waals surface area (Å²) in [5, 5.41) is 0.940. The average Bonchev–Trinajstić information content (AvgIpc) is 2.42. The van der Waals surface area contributed by atoms with E-state index in [1.54, 1.807) is 4.57 Å². The first-order valence-corrected chi connectivity index (χ1v) is 6.21. The first kappa shape index (κ1) is 11.7. The van der Waals surface area contributed by atoms with E-state index in [2.05, 4.69) is 0 Å². The van der Waals surface area contributed by atoms with Crippen molar-refractivity contribution >= 4 is 11.0 Å². The van der Waals surface area contributed by atoms with Gasteiger partial charge in [-0.25, -0.2) is 0 Å². The molecule has 0 radical (unpaired) electrons. The summed E-state index contributed by atoms with van der Waals surface area (Å²) in [6, 6.07) is 15.7. The molecule has 3 heteroatoms. The maximum atomic E-state index is 12.0. The van der Waals surface area contributed by atoms with Crippen molar-refractivity contribution in [2.24, 2.45) is 0 Å². The molecule has 0 bridgehead atoms. The molecule has 19 heavy (non-hydrogen) atoms. The molecule has 0 saturated heterocycles. The van der Waals surface area contributed by atoms with Gasteiger partial charge in [0.25, 0.3) is 0 Å². The molecule has 3 nitrogen and oxygen atoms in total. The third-order valence-electron chi connectivity index (χ3n) is 3.16. The standard InChI is InChI=1S/C16H14NO2/c1-12-6-5-9-14-11-17(16(18)19-15(12)14)10-13-7-3-2-4-8-13/h2-9,11H,10H2,1H3/q+1. The molecule has 0 fully saturated rings. The minimum Gasteiger partial charge on any atom is -0.371 e. The van der Waals surface area contributed by atoms with Crippen LogP contribution in [0.15, 0.2) is 63.9 Å². The molecular formula is C16H14NO2+. The molecule has 0 unspecified atom stereocenters. The molecule has 0 aliphatic heterocycles. The van der Waals surface area contributed by atoms with Crippen LogP contribution in [0.1, 0.15) is 11.1 Å². The van der Waals surface area contributed by atoms with Crippen LogP contribution in [-0.2, 0) is 6.54 Å². The summed E-state index contributed by atoms with van der Waals surface area (Å²) in [6.45, 7) is 2.46. The van der Waals surface area contributed by atoms with Crippen molar-refractivity contribution in [2.75, 3.05) is 0 Å². The summed E-state index contributed by atoms with van der Waals surface area (Å²) in [6.07, 6.45) is 1.85. The molecule has 0 saturated carbocycles. The van der Waals surface area contributed by atoms with Crippen molar-refractivity contribution in [3.05, 3.63) is 76.4 Å². The highest BCUT2D eigenvalue weighted by molar-refractivity contribution is 5.77. The molecular weight excluding hydrogens is 238 g/mol. The number of hydrogen-bond acceptors (Lipinski definition) is 2. The Bertz CT molecular complexity index is 776. The molecule has 0 aliphatic rings. The molecule has 1 aromatic heterocycles. The van der Waals surface area contributed by atoms with Gasteiger partial charge in [0.1, 0.15) is 0 Å². The Kier molecular flexibility index (Phi) is 2.88. The molecule has 3 rings (SSSR count). The number of nitrogens with zero attached hydrogens (tertiary/aromatic N) is 1. The predicted octanol–water partition coefficient (Wildman–Crippen LogP) is 2.44. The van der Waals surface area contributed by atoms with E-state index >= 15 is 0 Å². The van der Waals surface area contributed by atoms with Gasteiger partial charge in [-0.15, -0.1) is 4.57 Å². The van der Waals surface area contributed by atoms with Crippen molar-refractivity contribution in [2.45, 2.75) is 13.5 Å². The molecule has 2 aromatic carbocycles. The van der Waals surface area contributed by atoms with E-state index in [4.69, 9.17) is 4.42 Å². The highest BCUT2D eigenvalue weighted by atomic mass is 16.4. The average molecular weight is 252 g/mol.